The van der Waals surface area contributed by atoms with Crippen LogP contribution < -0.4 is 0 Å². The molecule has 1 aliphatic heterocycles. The molecule has 1 fully saturated rings. The lowest BCUT2D eigenvalue weighted by atomic mass is 9.99. The molecule has 0 spiro atoms. The zero-order chi connectivity index (χ0) is 19.5. The first-order valence-electron chi connectivity index (χ1n) is 9.30. The Kier molecular flexibility index (Phi) is 10.7. The lowest BCUT2D eigenvalue weighted by Crippen LogP contribution is -2.60. The standard InChI is InChI=1S/C18H32O8/c1-4-5-6-7-8-9-10-23-18-17(25-13(3)20)16(22)15(21)14(26-18)11-24-12(2)19/h14-18,21-22H,4-11H2,1-3H3/t14-,15-,16+,17+,18+/m1/s1. The van der Waals surface area contributed by atoms with Gasteiger partial charge in [-0.1, -0.05) is 39.0 Å². The fourth-order valence-electron chi connectivity index (χ4n) is 2.78. The second kappa shape index (κ2) is 12.2. The van der Waals surface area contributed by atoms with E-state index >= 15 is 0 Å². The molecule has 0 unspecified atom stereocenters. The van der Waals surface area contributed by atoms with Gasteiger partial charge in [0.05, 0.1) is 0 Å². The van der Waals surface area contributed by atoms with Gasteiger partial charge in [-0.05, 0) is 6.42 Å². The number of esters is 2. The largest absolute Gasteiger partial charge is 0.463 e. The van der Waals surface area contributed by atoms with E-state index in [1.54, 1.807) is 0 Å². The average molecular weight is 376 g/mol. The molecule has 26 heavy (non-hydrogen) atoms. The molecule has 0 aromatic carbocycles. The third-order valence-corrected chi connectivity index (χ3v) is 4.18. The molecular formula is C18H32O8. The van der Waals surface area contributed by atoms with Crippen molar-refractivity contribution in [3.8, 4) is 0 Å². The number of hydrogen-bond acceptors (Lipinski definition) is 8. The van der Waals surface area contributed by atoms with Crippen LogP contribution in [0.3, 0.4) is 0 Å². The Morgan fingerprint density at radius 3 is 2.23 bits per heavy atom. The van der Waals surface area contributed by atoms with Gasteiger partial charge in [0.2, 0.25) is 0 Å². The van der Waals surface area contributed by atoms with E-state index in [9.17, 15) is 19.8 Å². The molecule has 0 saturated carbocycles. The van der Waals surface area contributed by atoms with Crippen LogP contribution in [0.2, 0.25) is 0 Å². The van der Waals surface area contributed by atoms with Gasteiger partial charge in [0.15, 0.2) is 12.4 Å². The Hall–Kier alpha value is -1.22. The van der Waals surface area contributed by atoms with Crippen molar-refractivity contribution in [3.63, 3.8) is 0 Å². The molecule has 8 nitrogen and oxygen atoms in total. The number of aliphatic hydroxyl groups is 2. The summed E-state index contributed by atoms with van der Waals surface area (Å²) in [4.78, 5) is 22.2. The van der Waals surface area contributed by atoms with Gasteiger partial charge in [0, 0.05) is 20.5 Å². The van der Waals surface area contributed by atoms with Gasteiger partial charge in [0.1, 0.15) is 24.9 Å². The van der Waals surface area contributed by atoms with E-state index in [0.29, 0.717) is 6.61 Å². The molecular weight excluding hydrogens is 344 g/mol. The summed E-state index contributed by atoms with van der Waals surface area (Å²) in [5, 5.41) is 20.4. The lowest BCUT2D eigenvalue weighted by molar-refractivity contribution is -0.304. The van der Waals surface area contributed by atoms with Gasteiger partial charge < -0.3 is 29.2 Å². The average Bonchev–Trinajstić information content (AvgIpc) is 2.58. The molecule has 0 aliphatic carbocycles. The molecule has 0 bridgehead atoms. The van der Waals surface area contributed by atoms with Crippen LogP contribution in [-0.4, -0.2) is 66.1 Å². The number of carbonyl (C=O) groups is 2. The molecule has 5 atom stereocenters. The third kappa shape index (κ3) is 7.99. The van der Waals surface area contributed by atoms with E-state index in [1.807, 2.05) is 0 Å². The summed E-state index contributed by atoms with van der Waals surface area (Å²) < 4.78 is 21.2. The Morgan fingerprint density at radius 2 is 1.62 bits per heavy atom. The van der Waals surface area contributed by atoms with E-state index in [2.05, 4.69) is 6.92 Å². The lowest BCUT2D eigenvalue weighted by Gasteiger charge is -2.41. The van der Waals surface area contributed by atoms with Crippen molar-refractivity contribution in [2.75, 3.05) is 13.2 Å². The topological polar surface area (TPSA) is 112 Å². The van der Waals surface area contributed by atoms with E-state index in [0.717, 1.165) is 19.3 Å². The van der Waals surface area contributed by atoms with Gasteiger partial charge in [-0.15, -0.1) is 0 Å². The Morgan fingerprint density at radius 1 is 0.962 bits per heavy atom. The molecule has 2 N–H and O–H groups in total. The first-order chi connectivity index (χ1) is 12.4. The second-order valence-corrected chi connectivity index (χ2v) is 6.54. The number of ether oxygens (including phenoxy) is 4. The van der Waals surface area contributed by atoms with Crippen molar-refractivity contribution < 1.29 is 38.7 Å². The predicted octanol–water partition coefficient (Wildman–Crippen LogP) is 1.30. The number of carbonyl (C=O) groups excluding carboxylic acids is 2. The van der Waals surface area contributed by atoms with Crippen molar-refractivity contribution in [1.29, 1.82) is 0 Å². The molecule has 1 aliphatic rings. The molecule has 1 rings (SSSR count). The molecule has 0 aromatic rings. The Bertz CT molecular complexity index is 425. The minimum absolute atomic E-state index is 0.225. The van der Waals surface area contributed by atoms with E-state index < -0.39 is 42.6 Å². The molecule has 0 amide bonds. The second-order valence-electron chi connectivity index (χ2n) is 6.54. The van der Waals surface area contributed by atoms with Crippen molar-refractivity contribution in [3.05, 3.63) is 0 Å². The summed E-state index contributed by atoms with van der Waals surface area (Å²) in [7, 11) is 0. The minimum atomic E-state index is -1.40. The summed E-state index contributed by atoms with van der Waals surface area (Å²) in [6, 6.07) is 0. The van der Waals surface area contributed by atoms with Gasteiger partial charge in [-0.2, -0.15) is 0 Å². The predicted molar refractivity (Wildman–Crippen MR) is 92.2 cm³/mol. The third-order valence-electron chi connectivity index (χ3n) is 4.18. The van der Waals surface area contributed by atoms with E-state index in [4.69, 9.17) is 18.9 Å². The van der Waals surface area contributed by atoms with Crippen LogP contribution >= 0.6 is 0 Å². The van der Waals surface area contributed by atoms with Crippen LogP contribution in [0.25, 0.3) is 0 Å². The molecule has 8 heteroatoms. The van der Waals surface area contributed by atoms with Crippen LogP contribution in [0.5, 0.6) is 0 Å². The highest BCUT2D eigenvalue weighted by molar-refractivity contribution is 5.66. The van der Waals surface area contributed by atoms with E-state index in [-0.39, 0.29) is 6.61 Å². The number of aliphatic hydroxyl groups excluding tert-OH is 2. The van der Waals surface area contributed by atoms with Gasteiger partial charge >= 0.3 is 11.9 Å². The molecule has 1 saturated heterocycles. The van der Waals surface area contributed by atoms with E-state index in [1.165, 1.54) is 33.1 Å². The summed E-state index contributed by atoms with van der Waals surface area (Å²) in [5.74, 6) is -1.14. The zero-order valence-corrected chi connectivity index (χ0v) is 15.9. The van der Waals surface area contributed by atoms with Crippen LogP contribution in [0.15, 0.2) is 0 Å². The van der Waals surface area contributed by atoms with Crippen LogP contribution in [0.4, 0.5) is 0 Å². The number of unbranched alkanes of at least 4 members (excludes halogenated alkanes) is 5. The molecule has 1 heterocycles. The maximum absolute atomic E-state index is 11.3. The molecule has 0 radical (unpaired) electrons. The van der Waals surface area contributed by atoms with Gasteiger partial charge in [-0.25, -0.2) is 0 Å². The quantitative estimate of drug-likeness (QED) is 0.410. The fraction of sp³-hybridized carbons (Fsp3) is 0.889. The summed E-state index contributed by atoms with van der Waals surface area (Å²) >= 11 is 0. The van der Waals surface area contributed by atoms with Crippen molar-refractivity contribution in [1.82, 2.24) is 0 Å². The smallest absolute Gasteiger partial charge is 0.303 e. The maximum atomic E-state index is 11.3. The highest BCUT2D eigenvalue weighted by atomic mass is 16.7. The number of hydrogen-bond donors (Lipinski definition) is 2. The normalized spacial score (nSPS) is 28.6. The fourth-order valence-corrected chi connectivity index (χ4v) is 2.78. The van der Waals surface area contributed by atoms with Gasteiger partial charge in [-0.3, -0.25) is 9.59 Å². The summed E-state index contributed by atoms with van der Waals surface area (Å²) in [5.41, 5.74) is 0. The summed E-state index contributed by atoms with van der Waals surface area (Å²) in [6.07, 6.45) is 0.601. The van der Waals surface area contributed by atoms with Crippen LogP contribution in [0.1, 0.15) is 59.3 Å². The maximum Gasteiger partial charge on any atom is 0.303 e. The first-order valence-corrected chi connectivity index (χ1v) is 9.30. The Labute approximate surface area is 154 Å². The highest BCUT2D eigenvalue weighted by Gasteiger charge is 2.47. The molecule has 152 valence electrons. The highest BCUT2D eigenvalue weighted by Crippen LogP contribution is 2.25. The van der Waals surface area contributed by atoms with Crippen molar-refractivity contribution >= 4 is 11.9 Å². The monoisotopic (exact) mass is 376 g/mol. The van der Waals surface area contributed by atoms with Crippen molar-refractivity contribution in [2.45, 2.75) is 90.0 Å². The van der Waals surface area contributed by atoms with Crippen LogP contribution in [0, 0.1) is 0 Å². The number of rotatable bonds is 11. The SMILES string of the molecule is CCCCCCCCO[C@H]1O[C@H](COC(C)=O)[C@@H](O)[C@H](O)[C@@H]1OC(C)=O. The minimum Gasteiger partial charge on any atom is -0.463 e. The van der Waals surface area contributed by atoms with Crippen molar-refractivity contribution in [2.24, 2.45) is 0 Å². The zero-order valence-electron chi connectivity index (χ0n) is 15.9. The van der Waals surface area contributed by atoms with Crippen LogP contribution in [-0.2, 0) is 28.5 Å². The Balaban J connectivity index is 2.56. The molecule has 0 aromatic heterocycles. The summed E-state index contributed by atoms with van der Waals surface area (Å²) in [6.45, 7) is 4.74. The first kappa shape index (κ1) is 22.8. The van der Waals surface area contributed by atoms with Gasteiger partial charge in [0.25, 0.3) is 0 Å².